The first-order valence-corrected chi connectivity index (χ1v) is 6.51. The molecule has 2 rings (SSSR count). The number of hydrogen-bond donors (Lipinski definition) is 2. The average Bonchev–Trinajstić information content (AvgIpc) is 2.81. The zero-order valence-electron chi connectivity index (χ0n) is 11.0. The van der Waals surface area contributed by atoms with Crippen molar-refractivity contribution < 1.29 is 4.74 Å². The molecule has 0 spiro atoms. The lowest BCUT2D eigenvalue weighted by molar-refractivity contribution is 0.0655. The molecule has 0 saturated carbocycles. The first-order chi connectivity index (χ1) is 8.79. The molecule has 18 heavy (non-hydrogen) atoms. The van der Waals surface area contributed by atoms with Crippen LogP contribution in [0.25, 0.3) is 0 Å². The van der Waals surface area contributed by atoms with E-state index in [1.807, 2.05) is 25.1 Å². The summed E-state index contributed by atoms with van der Waals surface area (Å²) in [4.78, 5) is 4.38. The molecule has 1 aliphatic heterocycles. The highest BCUT2D eigenvalue weighted by molar-refractivity contribution is 5.81. The van der Waals surface area contributed by atoms with Crippen LogP contribution in [-0.4, -0.2) is 31.7 Å². The summed E-state index contributed by atoms with van der Waals surface area (Å²) in [5.74, 6) is 0.878. The van der Waals surface area contributed by atoms with Crippen LogP contribution in [0, 0.1) is 0 Å². The van der Waals surface area contributed by atoms with Crippen LogP contribution in [0.1, 0.15) is 25.5 Å². The van der Waals surface area contributed by atoms with Crippen molar-refractivity contribution in [3.05, 3.63) is 35.9 Å². The Morgan fingerprint density at radius 1 is 1.44 bits per heavy atom. The summed E-state index contributed by atoms with van der Waals surface area (Å²) in [6.07, 6.45) is 0.0663. The van der Waals surface area contributed by atoms with E-state index in [1.54, 1.807) is 0 Å². The number of benzene rings is 1. The summed E-state index contributed by atoms with van der Waals surface area (Å²) in [5.41, 5.74) is 1.19. The van der Waals surface area contributed by atoms with Gasteiger partial charge in [-0.1, -0.05) is 30.3 Å². The van der Waals surface area contributed by atoms with Gasteiger partial charge in [-0.3, -0.25) is 4.99 Å². The lowest BCUT2D eigenvalue weighted by atomic mass is 10.1. The molecule has 0 aliphatic carbocycles. The average molecular weight is 247 g/mol. The van der Waals surface area contributed by atoms with E-state index in [2.05, 4.69) is 34.7 Å². The van der Waals surface area contributed by atoms with Gasteiger partial charge in [0.1, 0.15) is 0 Å². The SMILES string of the molecule is CCOC(CNC1=NCC(C)N1)c1ccccc1. The quantitative estimate of drug-likeness (QED) is 0.832. The molecule has 0 bridgehead atoms. The Labute approximate surface area is 108 Å². The molecule has 1 aliphatic rings. The minimum atomic E-state index is 0.0663. The molecule has 2 unspecified atom stereocenters. The molecule has 4 nitrogen and oxygen atoms in total. The maximum Gasteiger partial charge on any atom is 0.191 e. The lowest BCUT2D eigenvalue weighted by Gasteiger charge is -2.19. The summed E-state index contributed by atoms with van der Waals surface area (Å²) in [5, 5.41) is 6.60. The summed E-state index contributed by atoms with van der Waals surface area (Å²) >= 11 is 0. The van der Waals surface area contributed by atoms with Crippen LogP contribution in [-0.2, 0) is 4.74 Å². The monoisotopic (exact) mass is 247 g/mol. The molecule has 98 valence electrons. The van der Waals surface area contributed by atoms with Gasteiger partial charge in [-0.2, -0.15) is 0 Å². The molecule has 1 heterocycles. The number of nitrogens with one attached hydrogen (secondary N) is 2. The summed E-state index contributed by atoms with van der Waals surface area (Å²) in [7, 11) is 0. The van der Waals surface area contributed by atoms with Gasteiger partial charge >= 0.3 is 0 Å². The number of rotatable bonds is 5. The van der Waals surface area contributed by atoms with Crippen molar-refractivity contribution in [1.29, 1.82) is 0 Å². The van der Waals surface area contributed by atoms with Crippen molar-refractivity contribution in [3.63, 3.8) is 0 Å². The second-order valence-corrected chi connectivity index (χ2v) is 4.47. The largest absolute Gasteiger partial charge is 0.372 e. The molecule has 2 N–H and O–H groups in total. The third-order valence-electron chi connectivity index (χ3n) is 2.90. The van der Waals surface area contributed by atoms with Crippen molar-refractivity contribution in [2.75, 3.05) is 19.7 Å². The van der Waals surface area contributed by atoms with Gasteiger partial charge in [0.25, 0.3) is 0 Å². The number of guanidine groups is 1. The normalized spacial score (nSPS) is 20.1. The van der Waals surface area contributed by atoms with Crippen LogP contribution in [0.4, 0.5) is 0 Å². The second kappa shape index (κ2) is 6.40. The van der Waals surface area contributed by atoms with Crippen LogP contribution < -0.4 is 10.6 Å². The van der Waals surface area contributed by atoms with Gasteiger partial charge in [-0.05, 0) is 19.4 Å². The van der Waals surface area contributed by atoms with Crippen LogP contribution >= 0.6 is 0 Å². The number of hydrogen-bond acceptors (Lipinski definition) is 4. The van der Waals surface area contributed by atoms with E-state index < -0.39 is 0 Å². The van der Waals surface area contributed by atoms with E-state index >= 15 is 0 Å². The zero-order valence-corrected chi connectivity index (χ0v) is 11.0. The molecular weight excluding hydrogens is 226 g/mol. The van der Waals surface area contributed by atoms with E-state index in [-0.39, 0.29) is 6.10 Å². The van der Waals surface area contributed by atoms with Gasteiger partial charge in [0.05, 0.1) is 12.6 Å². The lowest BCUT2D eigenvalue weighted by Crippen LogP contribution is -2.39. The highest BCUT2D eigenvalue weighted by atomic mass is 16.5. The molecule has 1 aromatic carbocycles. The highest BCUT2D eigenvalue weighted by Gasteiger charge is 2.15. The van der Waals surface area contributed by atoms with E-state index in [1.165, 1.54) is 5.56 Å². The third-order valence-corrected chi connectivity index (χ3v) is 2.90. The molecule has 2 atom stereocenters. The maximum absolute atomic E-state index is 5.77. The Morgan fingerprint density at radius 3 is 2.83 bits per heavy atom. The van der Waals surface area contributed by atoms with Crippen LogP contribution in [0.5, 0.6) is 0 Å². The first kappa shape index (κ1) is 12.9. The Kier molecular flexibility index (Phi) is 4.59. The molecule has 1 aromatic rings. The Balaban J connectivity index is 1.91. The van der Waals surface area contributed by atoms with Gasteiger partial charge in [0, 0.05) is 19.2 Å². The van der Waals surface area contributed by atoms with Crippen molar-refractivity contribution in [2.45, 2.75) is 26.0 Å². The summed E-state index contributed by atoms with van der Waals surface area (Å²) in [6.45, 7) is 6.42. The van der Waals surface area contributed by atoms with Crippen molar-refractivity contribution in [1.82, 2.24) is 10.6 Å². The molecule has 0 radical (unpaired) electrons. The molecule has 0 fully saturated rings. The Morgan fingerprint density at radius 2 is 2.22 bits per heavy atom. The van der Waals surface area contributed by atoms with Crippen LogP contribution in [0.3, 0.4) is 0 Å². The van der Waals surface area contributed by atoms with Gasteiger partial charge in [0.15, 0.2) is 5.96 Å². The molecule has 0 aromatic heterocycles. The van der Waals surface area contributed by atoms with Crippen molar-refractivity contribution in [2.24, 2.45) is 4.99 Å². The minimum Gasteiger partial charge on any atom is -0.372 e. The van der Waals surface area contributed by atoms with Crippen molar-refractivity contribution >= 4 is 5.96 Å². The van der Waals surface area contributed by atoms with Crippen molar-refractivity contribution in [3.8, 4) is 0 Å². The predicted molar refractivity (Wildman–Crippen MR) is 73.7 cm³/mol. The van der Waals surface area contributed by atoms with Crippen LogP contribution in [0.2, 0.25) is 0 Å². The molecule has 0 amide bonds. The zero-order chi connectivity index (χ0) is 12.8. The van der Waals surface area contributed by atoms with Crippen LogP contribution in [0.15, 0.2) is 35.3 Å². The topological polar surface area (TPSA) is 45.6 Å². The van der Waals surface area contributed by atoms with E-state index in [0.29, 0.717) is 12.6 Å². The smallest absolute Gasteiger partial charge is 0.191 e. The predicted octanol–water partition coefficient (Wildman–Crippen LogP) is 1.70. The fourth-order valence-corrected chi connectivity index (χ4v) is 1.99. The second-order valence-electron chi connectivity index (χ2n) is 4.47. The van der Waals surface area contributed by atoms with E-state index in [0.717, 1.165) is 19.0 Å². The first-order valence-electron chi connectivity index (χ1n) is 6.51. The highest BCUT2D eigenvalue weighted by Crippen LogP contribution is 2.15. The number of ether oxygens (including phenoxy) is 1. The molecular formula is C14H21N3O. The number of aliphatic imine (C=N–C) groups is 1. The van der Waals surface area contributed by atoms with E-state index in [4.69, 9.17) is 4.74 Å². The standard InChI is InChI=1S/C14H21N3O/c1-3-18-13(12-7-5-4-6-8-12)10-16-14-15-9-11(2)17-14/h4-8,11,13H,3,9-10H2,1-2H3,(H2,15,16,17). The van der Waals surface area contributed by atoms with Gasteiger partial charge in [-0.25, -0.2) is 0 Å². The Hall–Kier alpha value is -1.55. The van der Waals surface area contributed by atoms with Gasteiger partial charge in [-0.15, -0.1) is 0 Å². The van der Waals surface area contributed by atoms with E-state index in [9.17, 15) is 0 Å². The number of nitrogens with zero attached hydrogens (tertiary/aromatic N) is 1. The third kappa shape index (κ3) is 3.47. The Bertz CT molecular complexity index is 391. The summed E-state index contributed by atoms with van der Waals surface area (Å²) in [6, 6.07) is 10.7. The fourth-order valence-electron chi connectivity index (χ4n) is 1.99. The summed E-state index contributed by atoms with van der Waals surface area (Å²) < 4.78 is 5.77. The van der Waals surface area contributed by atoms with Gasteiger partial charge in [0.2, 0.25) is 0 Å². The fraction of sp³-hybridized carbons (Fsp3) is 0.500. The minimum absolute atomic E-state index is 0.0663. The molecule has 4 heteroatoms. The molecule has 0 saturated heterocycles. The maximum atomic E-state index is 5.77. The van der Waals surface area contributed by atoms with Gasteiger partial charge < -0.3 is 15.4 Å².